The summed E-state index contributed by atoms with van der Waals surface area (Å²) in [6.07, 6.45) is 0. The van der Waals surface area contributed by atoms with E-state index in [1.54, 1.807) is 0 Å². The molecule has 0 aromatic heterocycles. The van der Waals surface area contributed by atoms with Gasteiger partial charge >= 0.3 is 0 Å². The van der Waals surface area contributed by atoms with E-state index in [-0.39, 0.29) is 5.56 Å². The maximum absolute atomic E-state index is 13.1. The molecule has 0 N–H and O–H groups in total. The van der Waals surface area contributed by atoms with Crippen molar-refractivity contribution in [3.63, 3.8) is 0 Å². The fourth-order valence-electron chi connectivity index (χ4n) is 2.05. The minimum absolute atomic E-state index is 0.200. The highest BCUT2D eigenvalue weighted by atomic mass is 19.2. The van der Waals surface area contributed by atoms with Crippen molar-refractivity contribution >= 4 is 5.91 Å². The lowest BCUT2D eigenvalue weighted by molar-refractivity contribution is -0.0764. The summed E-state index contributed by atoms with van der Waals surface area (Å²) in [7, 11) is 0. The molecule has 3 nitrogen and oxygen atoms in total. The van der Waals surface area contributed by atoms with Gasteiger partial charge in [0.25, 0.3) is 5.91 Å². The lowest BCUT2D eigenvalue weighted by atomic mass is 10.1. The molecule has 2 rings (SSSR count). The molecule has 0 radical (unpaired) electrons. The smallest absolute Gasteiger partial charge is 0.254 e. The Hall–Kier alpha value is -1.56. The van der Waals surface area contributed by atoms with Crippen LogP contribution in [0, 0.1) is 17.5 Å². The van der Waals surface area contributed by atoms with Gasteiger partial charge in [-0.25, -0.2) is 13.2 Å². The zero-order valence-corrected chi connectivity index (χ0v) is 10.7. The van der Waals surface area contributed by atoms with Gasteiger partial charge < -0.3 is 9.64 Å². The van der Waals surface area contributed by atoms with E-state index >= 15 is 0 Å². The Labute approximate surface area is 109 Å². The molecule has 0 bridgehead atoms. The fourth-order valence-corrected chi connectivity index (χ4v) is 2.05. The zero-order chi connectivity index (χ0) is 14.2. The predicted molar refractivity (Wildman–Crippen MR) is 62.3 cm³/mol. The van der Waals surface area contributed by atoms with Crippen LogP contribution >= 0.6 is 0 Å². The van der Waals surface area contributed by atoms with E-state index in [9.17, 15) is 18.0 Å². The minimum atomic E-state index is -1.57. The number of halogens is 3. The van der Waals surface area contributed by atoms with Gasteiger partial charge in [0, 0.05) is 18.7 Å². The van der Waals surface area contributed by atoms with E-state index in [0.717, 1.165) is 0 Å². The maximum Gasteiger partial charge on any atom is 0.254 e. The van der Waals surface area contributed by atoms with Gasteiger partial charge in [0.15, 0.2) is 17.5 Å². The summed E-state index contributed by atoms with van der Waals surface area (Å²) in [5.74, 6) is -4.83. The highest BCUT2D eigenvalue weighted by Crippen LogP contribution is 2.20. The van der Waals surface area contributed by atoms with Gasteiger partial charge in [-0.15, -0.1) is 0 Å². The molecule has 0 aliphatic carbocycles. The molecular weight excluding hydrogens is 259 g/mol. The molecule has 1 aromatic carbocycles. The molecule has 1 aliphatic rings. The van der Waals surface area contributed by atoms with E-state index in [1.807, 2.05) is 13.8 Å². The maximum atomic E-state index is 13.1. The third-order valence-electron chi connectivity index (χ3n) is 2.94. The summed E-state index contributed by atoms with van der Waals surface area (Å²) in [5.41, 5.74) is -0.709. The van der Waals surface area contributed by atoms with Crippen LogP contribution in [0.1, 0.15) is 24.2 Å². The van der Waals surface area contributed by atoms with Gasteiger partial charge in [-0.1, -0.05) is 0 Å². The first kappa shape index (κ1) is 13.9. The highest BCUT2D eigenvalue weighted by molar-refractivity contribution is 5.94. The minimum Gasteiger partial charge on any atom is -0.372 e. The molecule has 104 valence electrons. The van der Waals surface area contributed by atoms with Gasteiger partial charge in [-0.05, 0) is 26.0 Å². The number of ether oxygens (including phenoxy) is 1. The molecule has 19 heavy (non-hydrogen) atoms. The number of carbonyl (C=O) groups is 1. The molecule has 0 spiro atoms. The second-order valence-electron chi connectivity index (χ2n) is 5.09. The standard InChI is InChI=1S/C13H14F3NO2/c1-13(2)7-17(3-4-19-13)12(18)8-5-9(14)11(16)10(15)6-8/h5-6H,3-4,7H2,1-2H3. The van der Waals surface area contributed by atoms with Gasteiger partial charge in [-0.3, -0.25) is 4.79 Å². The lowest BCUT2D eigenvalue weighted by Crippen LogP contribution is -2.50. The largest absolute Gasteiger partial charge is 0.372 e. The van der Waals surface area contributed by atoms with Crippen LogP contribution in [0.15, 0.2) is 12.1 Å². The van der Waals surface area contributed by atoms with Crippen LogP contribution in [0.4, 0.5) is 13.2 Å². The van der Waals surface area contributed by atoms with Crippen molar-refractivity contribution in [2.75, 3.05) is 19.7 Å². The number of amides is 1. The average molecular weight is 273 g/mol. The molecule has 6 heteroatoms. The van der Waals surface area contributed by atoms with E-state index in [2.05, 4.69) is 0 Å². The Bertz CT molecular complexity index is 494. The van der Waals surface area contributed by atoms with Crippen LogP contribution in [0.5, 0.6) is 0 Å². The number of carbonyl (C=O) groups excluding carboxylic acids is 1. The summed E-state index contributed by atoms with van der Waals surface area (Å²) in [5, 5.41) is 0. The Morgan fingerprint density at radius 3 is 2.37 bits per heavy atom. The van der Waals surface area contributed by atoms with E-state index in [0.29, 0.717) is 31.8 Å². The number of benzene rings is 1. The fraction of sp³-hybridized carbons (Fsp3) is 0.462. The van der Waals surface area contributed by atoms with E-state index in [1.165, 1.54) is 4.90 Å². The summed E-state index contributed by atoms with van der Waals surface area (Å²) in [6.45, 7) is 4.64. The Balaban J connectivity index is 2.25. The van der Waals surface area contributed by atoms with Crippen LogP contribution < -0.4 is 0 Å². The normalized spacial score (nSPS) is 18.5. The molecule has 0 atom stereocenters. The summed E-state index contributed by atoms with van der Waals surface area (Å²) < 4.78 is 44.5. The van der Waals surface area contributed by atoms with Crippen LogP contribution in [-0.2, 0) is 4.74 Å². The number of hydrogen-bond donors (Lipinski definition) is 0. The highest BCUT2D eigenvalue weighted by Gasteiger charge is 2.31. The van der Waals surface area contributed by atoms with E-state index in [4.69, 9.17) is 4.74 Å². The van der Waals surface area contributed by atoms with Crippen LogP contribution in [0.3, 0.4) is 0 Å². The molecule has 0 unspecified atom stereocenters. The number of rotatable bonds is 1. The third-order valence-corrected chi connectivity index (χ3v) is 2.94. The first-order valence-electron chi connectivity index (χ1n) is 5.88. The molecule has 1 saturated heterocycles. The predicted octanol–water partition coefficient (Wildman–Crippen LogP) is 2.35. The van der Waals surface area contributed by atoms with Crippen LogP contribution in [-0.4, -0.2) is 36.1 Å². The average Bonchev–Trinajstić information content (AvgIpc) is 2.33. The molecule has 1 fully saturated rings. The molecule has 1 amide bonds. The second kappa shape index (κ2) is 4.85. The van der Waals surface area contributed by atoms with Crippen molar-refractivity contribution < 1.29 is 22.7 Å². The quantitative estimate of drug-likeness (QED) is 0.735. The van der Waals surface area contributed by atoms with Crippen LogP contribution in [0.25, 0.3) is 0 Å². The second-order valence-corrected chi connectivity index (χ2v) is 5.09. The lowest BCUT2D eigenvalue weighted by Gasteiger charge is -2.38. The molecule has 1 aromatic rings. The van der Waals surface area contributed by atoms with Crippen molar-refractivity contribution in [1.29, 1.82) is 0 Å². The summed E-state index contributed by atoms with van der Waals surface area (Å²) in [4.78, 5) is 13.6. The van der Waals surface area contributed by atoms with Gasteiger partial charge in [0.2, 0.25) is 0 Å². The van der Waals surface area contributed by atoms with Crippen LogP contribution in [0.2, 0.25) is 0 Å². The first-order chi connectivity index (χ1) is 8.80. The van der Waals surface area contributed by atoms with Crippen molar-refractivity contribution in [1.82, 2.24) is 4.90 Å². The molecule has 1 heterocycles. The molecular formula is C13H14F3NO2. The van der Waals surface area contributed by atoms with Crippen molar-refractivity contribution in [2.45, 2.75) is 19.4 Å². The SMILES string of the molecule is CC1(C)CN(C(=O)c2cc(F)c(F)c(F)c2)CCO1. The number of morpholine rings is 1. The third kappa shape index (κ3) is 2.89. The van der Waals surface area contributed by atoms with E-state index < -0.39 is 29.0 Å². The summed E-state index contributed by atoms with van der Waals surface area (Å²) >= 11 is 0. The Kier molecular flexibility index (Phi) is 3.54. The summed E-state index contributed by atoms with van der Waals surface area (Å²) in [6, 6.07) is 1.42. The van der Waals surface area contributed by atoms with Crippen molar-refractivity contribution in [3.8, 4) is 0 Å². The number of nitrogens with zero attached hydrogens (tertiary/aromatic N) is 1. The molecule has 1 aliphatic heterocycles. The number of hydrogen-bond acceptors (Lipinski definition) is 2. The monoisotopic (exact) mass is 273 g/mol. The van der Waals surface area contributed by atoms with Gasteiger partial charge in [0.1, 0.15) is 0 Å². The van der Waals surface area contributed by atoms with Gasteiger partial charge in [-0.2, -0.15) is 0 Å². The van der Waals surface area contributed by atoms with Crippen molar-refractivity contribution in [2.24, 2.45) is 0 Å². The van der Waals surface area contributed by atoms with Crippen molar-refractivity contribution in [3.05, 3.63) is 35.1 Å². The first-order valence-corrected chi connectivity index (χ1v) is 5.88. The van der Waals surface area contributed by atoms with Gasteiger partial charge in [0.05, 0.1) is 12.2 Å². The zero-order valence-electron chi connectivity index (χ0n) is 10.7. The Morgan fingerprint density at radius 2 is 1.84 bits per heavy atom. The Morgan fingerprint density at radius 1 is 1.26 bits per heavy atom. The topological polar surface area (TPSA) is 29.5 Å². The molecule has 0 saturated carbocycles.